The first-order valence-corrected chi connectivity index (χ1v) is 7.59. The zero-order valence-electron chi connectivity index (χ0n) is 12.5. The molecule has 0 N–H and O–H groups in total. The van der Waals surface area contributed by atoms with Crippen molar-refractivity contribution in [1.82, 2.24) is 4.90 Å². The molecule has 2 fully saturated rings. The van der Waals surface area contributed by atoms with Gasteiger partial charge in [0.2, 0.25) is 0 Å². The van der Waals surface area contributed by atoms with E-state index in [1.807, 2.05) is 0 Å². The van der Waals surface area contributed by atoms with Crippen LogP contribution in [0.5, 0.6) is 5.75 Å². The molecule has 0 amide bonds. The van der Waals surface area contributed by atoms with Gasteiger partial charge in [0.05, 0.1) is 12.7 Å². The molecule has 2 heterocycles. The van der Waals surface area contributed by atoms with Crippen molar-refractivity contribution in [3.63, 3.8) is 0 Å². The molecule has 2 saturated heterocycles. The van der Waals surface area contributed by atoms with Gasteiger partial charge >= 0.3 is 6.36 Å². The van der Waals surface area contributed by atoms with Crippen LogP contribution in [0.2, 0.25) is 0 Å². The molecule has 0 aromatic heterocycles. The molecule has 1 aromatic rings. The minimum atomic E-state index is -4.68. The molecule has 0 saturated carbocycles. The molecule has 0 radical (unpaired) electrons. The first-order chi connectivity index (χ1) is 10.4. The van der Waals surface area contributed by atoms with Crippen molar-refractivity contribution in [2.45, 2.75) is 56.8 Å². The van der Waals surface area contributed by atoms with Gasteiger partial charge in [0.1, 0.15) is 5.75 Å². The Labute approximate surface area is 128 Å². The van der Waals surface area contributed by atoms with Crippen molar-refractivity contribution >= 4 is 0 Å². The molecule has 0 unspecified atom stereocenters. The number of nitrogens with zero attached hydrogens (tertiary/aromatic N) is 1. The molecule has 0 spiro atoms. The summed E-state index contributed by atoms with van der Waals surface area (Å²) in [5.41, 5.74) is 0.436. The zero-order chi connectivity index (χ0) is 15.7. The van der Waals surface area contributed by atoms with E-state index in [0.717, 1.165) is 12.8 Å². The summed E-state index contributed by atoms with van der Waals surface area (Å²) in [6, 6.07) is 7.26. The van der Waals surface area contributed by atoms with E-state index in [4.69, 9.17) is 4.74 Å². The van der Waals surface area contributed by atoms with E-state index in [-0.39, 0.29) is 18.5 Å². The Kier molecular flexibility index (Phi) is 4.32. The average molecular weight is 315 g/mol. The summed E-state index contributed by atoms with van der Waals surface area (Å²) in [4.78, 5) is 2.40. The summed E-state index contributed by atoms with van der Waals surface area (Å²) >= 11 is 0. The first-order valence-electron chi connectivity index (χ1n) is 7.59. The maximum absolute atomic E-state index is 12.4. The van der Waals surface area contributed by atoms with Gasteiger partial charge in [-0.2, -0.15) is 0 Å². The minimum absolute atomic E-state index is 0.118. The second-order valence-electron chi connectivity index (χ2n) is 6.11. The van der Waals surface area contributed by atoms with Gasteiger partial charge in [0, 0.05) is 17.6 Å². The van der Waals surface area contributed by atoms with Crippen LogP contribution in [0.3, 0.4) is 0 Å². The molecule has 6 heteroatoms. The summed E-state index contributed by atoms with van der Waals surface area (Å²) < 4.78 is 47.1. The van der Waals surface area contributed by atoms with E-state index in [1.165, 1.54) is 25.0 Å². The standard InChI is InChI=1S/C16H20F3NO2/c1-20-12-6-7-13(20)9-14(8-12)21-10-11-4-2-3-5-15(11)22-16(17,18)19/h2-5,12-14H,6-10H2,1H3/t12-,13+,14+. The number of ether oxygens (including phenoxy) is 2. The SMILES string of the molecule is CN1[C@@H]2CC[C@H]1C[C@@H](OCc1ccccc1OC(F)(F)F)C2. The molecule has 3 nitrogen and oxygen atoms in total. The van der Waals surface area contributed by atoms with Crippen LogP contribution in [-0.4, -0.2) is 36.5 Å². The van der Waals surface area contributed by atoms with Gasteiger partial charge in [-0.25, -0.2) is 0 Å². The quantitative estimate of drug-likeness (QED) is 0.845. The van der Waals surface area contributed by atoms with E-state index in [0.29, 0.717) is 17.6 Å². The number of para-hydroxylation sites is 1. The fraction of sp³-hybridized carbons (Fsp3) is 0.625. The van der Waals surface area contributed by atoms with Gasteiger partial charge in [-0.3, -0.25) is 0 Å². The number of hydrogen-bond donors (Lipinski definition) is 0. The second-order valence-corrected chi connectivity index (χ2v) is 6.11. The van der Waals surface area contributed by atoms with E-state index in [2.05, 4.69) is 16.7 Å². The average Bonchev–Trinajstić information content (AvgIpc) is 2.68. The summed E-state index contributed by atoms with van der Waals surface area (Å²) in [6.07, 6.45) is -0.274. The Balaban J connectivity index is 1.60. The second kappa shape index (κ2) is 6.08. The largest absolute Gasteiger partial charge is 0.573 e. The topological polar surface area (TPSA) is 21.7 Å². The summed E-state index contributed by atoms with van der Waals surface area (Å²) in [6.45, 7) is 0.153. The number of benzene rings is 1. The molecule has 122 valence electrons. The summed E-state index contributed by atoms with van der Waals surface area (Å²) in [5, 5.41) is 0. The zero-order valence-corrected chi connectivity index (χ0v) is 12.5. The molecule has 0 aliphatic carbocycles. The molecule has 22 heavy (non-hydrogen) atoms. The van der Waals surface area contributed by atoms with Crippen molar-refractivity contribution in [3.05, 3.63) is 29.8 Å². The Bertz CT molecular complexity index is 506. The lowest BCUT2D eigenvalue weighted by atomic mass is 10.0. The Morgan fingerprint density at radius 3 is 2.41 bits per heavy atom. The number of rotatable bonds is 4. The predicted octanol–water partition coefficient (Wildman–Crippen LogP) is 3.73. The van der Waals surface area contributed by atoms with Crippen molar-refractivity contribution in [1.29, 1.82) is 0 Å². The first kappa shape index (κ1) is 15.6. The molecule has 1 aromatic carbocycles. The van der Waals surface area contributed by atoms with Crippen LogP contribution in [0, 0.1) is 0 Å². The van der Waals surface area contributed by atoms with Crippen LogP contribution in [0.15, 0.2) is 24.3 Å². The van der Waals surface area contributed by atoms with Crippen molar-refractivity contribution in [2.24, 2.45) is 0 Å². The van der Waals surface area contributed by atoms with Gasteiger partial charge in [0.15, 0.2) is 0 Å². The summed E-state index contributed by atoms with van der Waals surface area (Å²) in [7, 11) is 2.14. The molecular weight excluding hydrogens is 295 g/mol. The monoisotopic (exact) mass is 315 g/mol. The molecule has 2 aliphatic rings. The number of fused-ring (bicyclic) bond motifs is 2. The van der Waals surface area contributed by atoms with Crippen molar-refractivity contribution in [2.75, 3.05) is 7.05 Å². The lowest BCUT2D eigenvalue weighted by molar-refractivity contribution is -0.275. The van der Waals surface area contributed by atoms with E-state index >= 15 is 0 Å². The molecule has 3 rings (SSSR count). The highest BCUT2D eigenvalue weighted by Crippen LogP contribution is 2.36. The molecule has 2 aliphatic heterocycles. The number of hydrogen-bond acceptors (Lipinski definition) is 3. The number of halogens is 3. The Morgan fingerprint density at radius 2 is 1.77 bits per heavy atom. The highest BCUT2D eigenvalue weighted by molar-refractivity contribution is 5.32. The molecular formula is C16H20F3NO2. The van der Waals surface area contributed by atoms with E-state index in [9.17, 15) is 13.2 Å². The van der Waals surface area contributed by atoms with E-state index < -0.39 is 6.36 Å². The van der Waals surface area contributed by atoms with Crippen LogP contribution in [0.25, 0.3) is 0 Å². The molecule has 2 bridgehead atoms. The maximum atomic E-state index is 12.4. The van der Waals surface area contributed by atoms with Crippen molar-refractivity contribution in [3.8, 4) is 5.75 Å². The highest BCUT2D eigenvalue weighted by atomic mass is 19.4. The predicted molar refractivity (Wildman–Crippen MR) is 75.5 cm³/mol. The number of piperidine rings is 1. The van der Waals surface area contributed by atoms with Crippen LogP contribution in [0.1, 0.15) is 31.2 Å². The fourth-order valence-corrected chi connectivity index (χ4v) is 3.55. The van der Waals surface area contributed by atoms with Gasteiger partial charge in [-0.1, -0.05) is 18.2 Å². The third kappa shape index (κ3) is 3.55. The van der Waals surface area contributed by atoms with Gasteiger partial charge in [0.25, 0.3) is 0 Å². The minimum Gasteiger partial charge on any atom is -0.405 e. The third-order valence-electron chi connectivity index (χ3n) is 4.73. The summed E-state index contributed by atoms with van der Waals surface area (Å²) in [5.74, 6) is -0.175. The molecule has 3 atom stereocenters. The normalized spacial score (nSPS) is 28.8. The van der Waals surface area contributed by atoms with Gasteiger partial charge < -0.3 is 14.4 Å². The maximum Gasteiger partial charge on any atom is 0.573 e. The van der Waals surface area contributed by atoms with Crippen LogP contribution >= 0.6 is 0 Å². The highest BCUT2D eigenvalue weighted by Gasteiger charge is 2.39. The van der Waals surface area contributed by atoms with E-state index in [1.54, 1.807) is 12.1 Å². The van der Waals surface area contributed by atoms with Crippen LogP contribution < -0.4 is 4.74 Å². The Hall–Kier alpha value is -1.27. The fourth-order valence-electron chi connectivity index (χ4n) is 3.55. The van der Waals surface area contributed by atoms with Crippen LogP contribution in [-0.2, 0) is 11.3 Å². The third-order valence-corrected chi connectivity index (χ3v) is 4.73. The van der Waals surface area contributed by atoms with Crippen LogP contribution in [0.4, 0.5) is 13.2 Å². The number of alkyl halides is 3. The Morgan fingerprint density at radius 1 is 1.14 bits per heavy atom. The smallest absolute Gasteiger partial charge is 0.405 e. The van der Waals surface area contributed by atoms with Gasteiger partial charge in [-0.05, 0) is 38.8 Å². The lowest BCUT2D eigenvalue weighted by Crippen LogP contribution is -2.42. The van der Waals surface area contributed by atoms with Crippen molar-refractivity contribution < 1.29 is 22.6 Å². The lowest BCUT2D eigenvalue weighted by Gasteiger charge is -2.36. The van der Waals surface area contributed by atoms with Gasteiger partial charge in [-0.15, -0.1) is 13.2 Å².